The number of hydrogen-bond donors (Lipinski definition) is 0. The molecule has 0 radical (unpaired) electrons. The molecule has 8 nitrogen and oxygen atoms in total. The first-order valence-corrected chi connectivity index (χ1v) is 8.90. The summed E-state index contributed by atoms with van der Waals surface area (Å²) in [5, 5.41) is 1.89. The van der Waals surface area contributed by atoms with Crippen molar-refractivity contribution < 1.29 is 28.7 Å². The van der Waals surface area contributed by atoms with Crippen LogP contribution in [0.1, 0.15) is 33.4 Å². The Balaban J connectivity index is 1.71. The van der Waals surface area contributed by atoms with Crippen LogP contribution >= 0.6 is 0 Å². The van der Waals surface area contributed by atoms with Crippen LogP contribution in [0.2, 0.25) is 0 Å². The van der Waals surface area contributed by atoms with Crippen LogP contribution in [-0.4, -0.2) is 41.7 Å². The Labute approximate surface area is 166 Å². The van der Waals surface area contributed by atoms with Crippen molar-refractivity contribution in [1.82, 2.24) is 9.63 Å². The number of nitrogens with zero attached hydrogens (tertiary/aromatic N) is 2. The molecule has 1 aromatic heterocycles. The average Bonchev–Trinajstić information content (AvgIpc) is 3.23. The summed E-state index contributed by atoms with van der Waals surface area (Å²) in [5.74, 6) is -0.970. The minimum Gasteiger partial charge on any atom is -0.465 e. The van der Waals surface area contributed by atoms with Crippen LogP contribution in [0.5, 0.6) is 5.75 Å². The second kappa shape index (κ2) is 7.40. The highest BCUT2D eigenvalue weighted by molar-refractivity contribution is 6.02. The van der Waals surface area contributed by atoms with E-state index in [1.54, 1.807) is 53.1 Å². The van der Waals surface area contributed by atoms with Crippen molar-refractivity contribution >= 4 is 28.7 Å². The first-order chi connectivity index (χ1) is 14.0. The number of para-hydroxylation sites is 1. The van der Waals surface area contributed by atoms with Gasteiger partial charge in [0.15, 0.2) is 0 Å². The van der Waals surface area contributed by atoms with Gasteiger partial charge in [0.25, 0.3) is 5.91 Å². The van der Waals surface area contributed by atoms with E-state index in [-0.39, 0.29) is 12.3 Å². The molecule has 0 fully saturated rings. The molecule has 1 aliphatic heterocycles. The number of ether oxygens (including phenoxy) is 2. The van der Waals surface area contributed by atoms with Crippen LogP contribution in [0, 0.1) is 0 Å². The summed E-state index contributed by atoms with van der Waals surface area (Å²) in [7, 11) is 2.66. The molecule has 0 N–H and O–H groups in total. The van der Waals surface area contributed by atoms with Gasteiger partial charge in [-0.05, 0) is 30.3 Å². The summed E-state index contributed by atoms with van der Waals surface area (Å²) in [6.45, 7) is 0. The number of carbonyl (C=O) groups is 3. The van der Waals surface area contributed by atoms with E-state index in [0.29, 0.717) is 22.5 Å². The highest BCUT2D eigenvalue weighted by Gasteiger charge is 2.40. The smallest absolute Gasteiger partial charge is 0.337 e. The minimum atomic E-state index is -0.746. The lowest BCUT2D eigenvalue weighted by Gasteiger charge is -2.23. The third kappa shape index (κ3) is 3.23. The van der Waals surface area contributed by atoms with Crippen LogP contribution in [0.3, 0.4) is 0 Å². The number of fused-ring (bicyclic) bond motifs is 3. The minimum absolute atomic E-state index is 0.131. The lowest BCUT2D eigenvalue weighted by molar-refractivity contribution is -0.151. The number of esters is 2. The van der Waals surface area contributed by atoms with Gasteiger partial charge in [-0.25, -0.2) is 4.79 Å². The number of hydrogen-bond acceptors (Lipinski definition) is 6. The molecule has 8 heteroatoms. The van der Waals surface area contributed by atoms with E-state index >= 15 is 0 Å². The van der Waals surface area contributed by atoms with Gasteiger partial charge in [-0.15, -0.1) is 0 Å². The van der Waals surface area contributed by atoms with Crippen molar-refractivity contribution in [2.24, 2.45) is 0 Å². The van der Waals surface area contributed by atoms with Crippen LogP contribution in [-0.2, 0) is 14.4 Å². The summed E-state index contributed by atoms with van der Waals surface area (Å²) >= 11 is 0. The van der Waals surface area contributed by atoms with Crippen LogP contribution in [0.15, 0.2) is 54.6 Å². The van der Waals surface area contributed by atoms with E-state index in [9.17, 15) is 14.4 Å². The number of benzene rings is 2. The monoisotopic (exact) mass is 394 g/mol. The van der Waals surface area contributed by atoms with Crippen LogP contribution < -0.4 is 4.74 Å². The maximum atomic E-state index is 12.8. The van der Waals surface area contributed by atoms with Gasteiger partial charge in [0.05, 0.1) is 31.7 Å². The maximum absolute atomic E-state index is 12.8. The van der Waals surface area contributed by atoms with Crippen LogP contribution in [0.4, 0.5) is 0 Å². The molecule has 1 amide bonds. The molecular weight excluding hydrogens is 376 g/mol. The van der Waals surface area contributed by atoms with Crippen molar-refractivity contribution in [2.75, 3.05) is 14.2 Å². The average molecular weight is 394 g/mol. The first-order valence-electron chi connectivity index (χ1n) is 8.90. The quantitative estimate of drug-likeness (QED) is 0.488. The summed E-state index contributed by atoms with van der Waals surface area (Å²) in [6.07, 6.45) is -0.877. The van der Waals surface area contributed by atoms with Crippen molar-refractivity contribution in [3.05, 3.63) is 65.9 Å². The molecule has 3 aromatic rings. The Morgan fingerprint density at radius 1 is 1.03 bits per heavy atom. The maximum Gasteiger partial charge on any atom is 0.337 e. The lowest BCUT2D eigenvalue weighted by atomic mass is 10.1. The topological polar surface area (TPSA) is 87.1 Å². The zero-order valence-electron chi connectivity index (χ0n) is 15.8. The van der Waals surface area contributed by atoms with Gasteiger partial charge in [-0.1, -0.05) is 24.3 Å². The second-order valence-corrected chi connectivity index (χ2v) is 6.45. The number of carbonyl (C=O) groups excluding carboxylic acids is 3. The molecule has 4 rings (SSSR count). The number of hydroxylamine groups is 2. The molecule has 1 aliphatic rings. The molecule has 2 heterocycles. The van der Waals surface area contributed by atoms with Gasteiger partial charge < -0.3 is 14.0 Å². The van der Waals surface area contributed by atoms with Crippen molar-refractivity contribution in [3.8, 4) is 5.75 Å². The SMILES string of the molecule is COC(=O)c1ccc2cc3n(c2c1)C(CC(=O)Oc1ccccc1)N(OC)C3=O. The van der Waals surface area contributed by atoms with Crippen molar-refractivity contribution in [3.63, 3.8) is 0 Å². The van der Waals surface area contributed by atoms with Gasteiger partial charge in [0.1, 0.15) is 17.6 Å². The van der Waals surface area contributed by atoms with Gasteiger partial charge in [0.2, 0.25) is 0 Å². The van der Waals surface area contributed by atoms with E-state index < -0.39 is 18.1 Å². The molecular formula is C21H18N2O6. The Morgan fingerprint density at radius 2 is 1.79 bits per heavy atom. The largest absolute Gasteiger partial charge is 0.465 e. The highest BCUT2D eigenvalue weighted by atomic mass is 16.7. The molecule has 29 heavy (non-hydrogen) atoms. The molecule has 0 spiro atoms. The van der Waals surface area contributed by atoms with Gasteiger partial charge in [-0.3, -0.25) is 14.4 Å². The van der Waals surface area contributed by atoms with Gasteiger partial charge in [-0.2, -0.15) is 5.06 Å². The zero-order chi connectivity index (χ0) is 20.5. The summed E-state index contributed by atoms with van der Waals surface area (Å²) in [6, 6.07) is 15.4. The fourth-order valence-corrected chi connectivity index (χ4v) is 3.49. The molecule has 1 atom stereocenters. The molecule has 1 unspecified atom stereocenters. The number of amides is 1. The Kier molecular flexibility index (Phi) is 4.77. The van der Waals surface area contributed by atoms with Crippen molar-refractivity contribution in [2.45, 2.75) is 12.6 Å². The van der Waals surface area contributed by atoms with Gasteiger partial charge >= 0.3 is 11.9 Å². The fourth-order valence-electron chi connectivity index (χ4n) is 3.49. The van der Waals surface area contributed by atoms with E-state index in [4.69, 9.17) is 14.3 Å². The van der Waals surface area contributed by atoms with Gasteiger partial charge in [0, 0.05) is 5.39 Å². The molecule has 0 saturated heterocycles. The zero-order valence-corrected chi connectivity index (χ0v) is 15.8. The molecule has 0 saturated carbocycles. The Morgan fingerprint density at radius 3 is 2.48 bits per heavy atom. The molecule has 0 aliphatic carbocycles. The van der Waals surface area contributed by atoms with E-state index in [2.05, 4.69) is 0 Å². The number of rotatable bonds is 5. The summed E-state index contributed by atoms with van der Waals surface area (Å²) in [5.41, 5.74) is 1.32. The van der Waals surface area contributed by atoms with Crippen molar-refractivity contribution in [1.29, 1.82) is 0 Å². The van der Waals surface area contributed by atoms with Crippen LogP contribution in [0.25, 0.3) is 10.9 Å². The van der Waals surface area contributed by atoms with E-state index in [1.165, 1.54) is 14.2 Å². The lowest BCUT2D eigenvalue weighted by Crippen LogP contribution is -2.31. The Hall–Kier alpha value is -3.65. The molecule has 0 bridgehead atoms. The third-order valence-corrected chi connectivity index (χ3v) is 4.77. The first kappa shape index (κ1) is 18.7. The van der Waals surface area contributed by atoms with E-state index in [0.717, 1.165) is 10.4 Å². The molecule has 148 valence electrons. The fraction of sp³-hybridized carbons (Fsp3) is 0.190. The summed E-state index contributed by atoms with van der Waals surface area (Å²) in [4.78, 5) is 42.4. The Bertz CT molecular complexity index is 1110. The number of aromatic nitrogens is 1. The predicted octanol–water partition coefficient (Wildman–Crippen LogP) is 2.94. The third-order valence-electron chi connectivity index (χ3n) is 4.77. The number of methoxy groups -OCH3 is 1. The normalized spacial score (nSPS) is 15.4. The molecule has 2 aromatic carbocycles. The second-order valence-electron chi connectivity index (χ2n) is 6.45. The van der Waals surface area contributed by atoms with E-state index in [1.807, 2.05) is 6.07 Å². The predicted molar refractivity (Wildman–Crippen MR) is 102 cm³/mol. The summed E-state index contributed by atoms with van der Waals surface area (Å²) < 4.78 is 11.8. The highest BCUT2D eigenvalue weighted by Crippen LogP contribution is 2.36. The standard InChI is InChI=1S/C21H18N2O6/c1-27-21(26)14-9-8-13-10-17-20(25)23(28-2)18(22(17)16(13)11-14)12-19(24)29-15-6-4-3-5-7-15/h3-11,18H,12H2,1-2H3.